The van der Waals surface area contributed by atoms with Crippen molar-refractivity contribution in [3.05, 3.63) is 41.0 Å². The molecule has 1 amide bonds. The van der Waals surface area contributed by atoms with Crippen molar-refractivity contribution in [1.29, 1.82) is 0 Å². The molecule has 0 fully saturated rings. The normalized spacial score (nSPS) is 13.1. The molecule has 0 saturated heterocycles. The average molecular weight is 267 g/mol. The van der Waals surface area contributed by atoms with E-state index in [0.717, 1.165) is 18.4 Å². The first-order valence-electron chi connectivity index (χ1n) is 6.79. The van der Waals surface area contributed by atoms with Crippen LogP contribution < -0.4 is 5.32 Å². The van der Waals surface area contributed by atoms with Crippen molar-refractivity contribution < 1.29 is 9.59 Å². The fraction of sp³-hybridized carbons (Fsp3) is 0.294. The van der Waals surface area contributed by atoms with Crippen LogP contribution in [0.15, 0.2) is 29.8 Å². The van der Waals surface area contributed by atoms with E-state index in [4.69, 9.17) is 6.42 Å². The maximum atomic E-state index is 12.4. The van der Waals surface area contributed by atoms with Crippen LogP contribution >= 0.6 is 0 Å². The number of amides is 1. The second-order valence-electron chi connectivity index (χ2n) is 4.72. The van der Waals surface area contributed by atoms with Crippen molar-refractivity contribution in [2.45, 2.75) is 26.2 Å². The lowest BCUT2D eigenvalue weighted by molar-refractivity contribution is -0.117. The van der Waals surface area contributed by atoms with Gasteiger partial charge in [-0.2, -0.15) is 0 Å². The van der Waals surface area contributed by atoms with Gasteiger partial charge in [0.2, 0.25) is 0 Å². The highest BCUT2D eigenvalue weighted by molar-refractivity contribution is 6.34. The number of allylic oxidation sites excluding steroid dienone is 1. The summed E-state index contributed by atoms with van der Waals surface area (Å²) in [5, 5.41) is 2.79. The zero-order chi connectivity index (χ0) is 14.5. The third-order valence-corrected chi connectivity index (χ3v) is 3.35. The molecule has 2 rings (SSSR count). The van der Waals surface area contributed by atoms with Crippen LogP contribution in [0.3, 0.4) is 0 Å². The van der Waals surface area contributed by atoms with E-state index < -0.39 is 0 Å². The van der Waals surface area contributed by atoms with Gasteiger partial charge in [0.1, 0.15) is 0 Å². The predicted octanol–water partition coefficient (Wildman–Crippen LogP) is 2.58. The van der Waals surface area contributed by atoms with Crippen LogP contribution in [0.25, 0.3) is 5.57 Å². The average Bonchev–Trinajstić information content (AvgIpc) is 2.73. The Balaban J connectivity index is 2.34. The Hall–Kier alpha value is -2.34. The monoisotopic (exact) mass is 267 g/mol. The Morgan fingerprint density at radius 1 is 1.30 bits per heavy atom. The van der Waals surface area contributed by atoms with E-state index in [0.29, 0.717) is 24.1 Å². The Bertz CT molecular complexity index is 620. The van der Waals surface area contributed by atoms with Crippen LogP contribution in [0.1, 0.15) is 42.1 Å². The Kier molecular flexibility index (Phi) is 4.37. The van der Waals surface area contributed by atoms with E-state index in [2.05, 4.69) is 11.2 Å². The Labute approximate surface area is 119 Å². The van der Waals surface area contributed by atoms with Gasteiger partial charge in [0.15, 0.2) is 5.78 Å². The smallest absolute Gasteiger partial charge is 0.255 e. The van der Waals surface area contributed by atoms with E-state index in [1.165, 1.54) is 0 Å². The number of carbonyl (C=O) groups is 2. The summed E-state index contributed by atoms with van der Waals surface area (Å²) in [6.45, 7) is 2.62. The van der Waals surface area contributed by atoms with E-state index in [1.807, 2.05) is 19.1 Å². The fourth-order valence-electron chi connectivity index (χ4n) is 2.34. The number of rotatable bonds is 5. The third-order valence-electron chi connectivity index (χ3n) is 3.35. The minimum Gasteiger partial charge on any atom is -0.352 e. The first-order valence-corrected chi connectivity index (χ1v) is 6.79. The number of ketones is 1. The molecule has 1 aliphatic carbocycles. The number of fused-ring (bicyclic) bond motifs is 1. The molecule has 0 radical (unpaired) electrons. The summed E-state index contributed by atoms with van der Waals surface area (Å²) in [5.41, 5.74) is 2.23. The highest BCUT2D eigenvalue weighted by Gasteiger charge is 2.32. The minimum absolute atomic E-state index is 0.209. The number of Topliss-reactive ketones (excluding diaryl/α,β-unsaturated/α-hetero) is 1. The van der Waals surface area contributed by atoms with Crippen LogP contribution in [-0.2, 0) is 4.79 Å². The molecule has 1 aromatic rings. The highest BCUT2D eigenvalue weighted by atomic mass is 16.2. The molecule has 0 atom stereocenters. The SMILES string of the molecule is C#CCC1=C(C(=O)NCCCC)C(=O)c2ccccc21. The molecule has 3 nitrogen and oxygen atoms in total. The lowest BCUT2D eigenvalue weighted by atomic mass is 10.0. The largest absolute Gasteiger partial charge is 0.352 e. The van der Waals surface area contributed by atoms with Gasteiger partial charge in [0.25, 0.3) is 5.91 Å². The molecular weight excluding hydrogens is 250 g/mol. The number of carbonyl (C=O) groups excluding carboxylic acids is 2. The number of hydrogen-bond acceptors (Lipinski definition) is 2. The van der Waals surface area contributed by atoms with Crippen molar-refractivity contribution in [3.63, 3.8) is 0 Å². The summed E-state index contributed by atoms with van der Waals surface area (Å²) in [7, 11) is 0. The van der Waals surface area contributed by atoms with Crippen LogP contribution in [0.2, 0.25) is 0 Å². The first kappa shape index (κ1) is 14.1. The Morgan fingerprint density at radius 2 is 2.00 bits per heavy atom. The van der Waals surface area contributed by atoms with Crippen molar-refractivity contribution >= 4 is 17.3 Å². The lowest BCUT2D eigenvalue weighted by Crippen LogP contribution is -2.28. The van der Waals surface area contributed by atoms with Gasteiger partial charge in [-0.05, 0) is 17.6 Å². The topological polar surface area (TPSA) is 46.2 Å². The highest BCUT2D eigenvalue weighted by Crippen LogP contribution is 2.34. The first-order chi connectivity index (χ1) is 9.70. The number of nitrogens with one attached hydrogen (secondary N) is 1. The summed E-state index contributed by atoms with van der Waals surface area (Å²) >= 11 is 0. The summed E-state index contributed by atoms with van der Waals surface area (Å²) in [5.74, 6) is 2.00. The number of hydrogen-bond donors (Lipinski definition) is 1. The number of benzene rings is 1. The quantitative estimate of drug-likeness (QED) is 0.506. The fourth-order valence-corrected chi connectivity index (χ4v) is 2.34. The van der Waals surface area contributed by atoms with Crippen LogP contribution in [0.5, 0.6) is 0 Å². The number of unbranched alkanes of at least 4 members (excludes halogenated alkanes) is 1. The van der Waals surface area contributed by atoms with Gasteiger partial charge in [0, 0.05) is 18.5 Å². The predicted molar refractivity (Wildman–Crippen MR) is 79.1 cm³/mol. The van der Waals surface area contributed by atoms with E-state index in [1.54, 1.807) is 12.1 Å². The van der Waals surface area contributed by atoms with Gasteiger partial charge in [-0.25, -0.2) is 0 Å². The molecule has 1 N–H and O–H groups in total. The molecule has 102 valence electrons. The van der Waals surface area contributed by atoms with Gasteiger partial charge in [-0.15, -0.1) is 12.3 Å². The zero-order valence-electron chi connectivity index (χ0n) is 11.5. The molecule has 0 bridgehead atoms. The molecule has 1 aliphatic rings. The molecule has 0 heterocycles. The third kappa shape index (κ3) is 2.50. The van der Waals surface area contributed by atoms with Crippen LogP contribution in [-0.4, -0.2) is 18.2 Å². The standard InChI is InChI=1S/C17H17NO2/c1-3-5-11-18-17(20)15-13(8-4-2)12-9-6-7-10-14(12)16(15)19/h2,6-7,9-10H,3,5,8,11H2,1H3,(H,18,20). The van der Waals surface area contributed by atoms with Crippen LogP contribution in [0, 0.1) is 12.3 Å². The van der Waals surface area contributed by atoms with Gasteiger partial charge in [-0.1, -0.05) is 37.6 Å². The van der Waals surface area contributed by atoms with Gasteiger partial charge < -0.3 is 5.32 Å². The van der Waals surface area contributed by atoms with E-state index in [9.17, 15) is 9.59 Å². The van der Waals surface area contributed by atoms with E-state index in [-0.39, 0.29) is 17.3 Å². The number of terminal acetylenes is 1. The zero-order valence-corrected chi connectivity index (χ0v) is 11.5. The molecule has 1 aromatic carbocycles. The second-order valence-corrected chi connectivity index (χ2v) is 4.72. The minimum atomic E-state index is -0.315. The maximum absolute atomic E-state index is 12.4. The summed E-state index contributed by atoms with van der Waals surface area (Å²) in [6.07, 6.45) is 7.54. The van der Waals surface area contributed by atoms with Gasteiger partial charge >= 0.3 is 0 Å². The molecule has 0 aromatic heterocycles. The summed E-state index contributed by atoms with van der Waals surface area (Å²) in [4.78, 5) is 24.6. The van der Waals surface area contributed by atoms with Gasteiger partial charge in [0.05, 0.1) is 5.57 Å². The second kappa shape index (κ2) is 6.21. The molecule has 3 heteroatoms. The van der Waals surface area contributed by atoms with Crippen molar-refractivity contribution in [1.82, 2.24) is 5.32 Å². The molecule has 0 aliphatic heterocycles. The molecule has 0 saturated carbocycles. The van der Waals surface area contributed by atoms with Crippen molar-refractivity contribution in [3.8, 4) is 12.3 Å². The van der Waals surface area contributed by atoms with E-state index >= 15 is 0 Å². The van der Waals surface area contributed by atoms with Crippen molar-refractivity contribution in [2.24, 2.45) is 0 Å². The lowest BCUT2D eigenvalue weighted by Gasteiger charge is -2.06. The van der Waals surface area contributed by atoms with Crippen molar-refractivity contribution in [2.75, 3.05) is 6.54 Å². The summed E-state index contributed by atoms with van der Waals surface area (Å²) in [6, 6.07) is 7.22. The van der Waals surface area contributed by atoms with Crippen LogP contribution in [0.4, 0.5) is 0 Å². The molecule has 0 spiro atoms. The molecular formula is C17H17NO2. The Morgan fingerprint density at radius 3 is 2.65 bits per heavy atom. The summed E-state index contributed by atoms with van der Waals surface area (Å²) < 4.78 is 0. The molecule has 0 unspecified atom stereocenters. The maximum Gasteiger partial charge on any atom is 0.255 e. The van der Waals surface area contributed by atoms with Gasteiger partial charge in [-0.3, -0.25) is 9.59 Å². The molecule has 20 heavy (non-hydrogen) atoms.